The van der Waals surface area contributed by atoms with E-state index in [0.717, 1.165) is 11.1 Å². The van der Waals surface area contributed by atoms with Crippen molar-refractivity contribution < 1.29 is 14.7 Å². The van der Waals surface area contributed by atoms with Gasteiger partial charge in [-0.3, -0.25) is 4.79 Å². The molecular weight excluding hydrogens is 340 g/mol. The van der Waals surface area contributed by atoms with Gasteiger partial charge in [-0.05, 0) is 49.2 Å². The molecule has 0 aliphatic heterocycles. The number of carboxylic acid groups (broad SMARTS) is 1. The molecule has 1 amide bonds. The molecule has 1 unspecified atom stereocenters. The summed E-state index contributed by atoms with van der Waals surface area (Å²) in [7, 11) is 0. The van der Waals surface area contributed by atoms with Gasteiger partial charge in [0.25, 0.3) is 0 Å². The second kappa shape index (κ2) is 8.65. The van der Waals surface area contributed by atoms with Gasteiger partial charge < -0.3 is 15.7 Å². The van der Waals surface area contributed by atoms with Gasteiger partial charge in [0.2, 0.25) is 5.91 Å². The first kappa shape index (κ1) is 19.0. The molecular formula is C19H21ClN2O3. The summed E-state index contributed by atoms with van der Waals surface area (Å²) in [4.78, 5) is 22.9. The molecule has 25 heavy (non-hydrogen) atoms. The minimum atomic E-state index is -0.945. The van der Waals surface area contributed by atoms with Crippen LogP contribution in [0.15, 0.2) is 42.5 Å². The van der Waals surface area contributed by atoms with Crippen LogP contribution in [0.4, 0.5) is 5.69 Å². The molecule has 0 aromatic heterocycles. The predicted octanol–water partition coefficient (Wildman–Crippen LogP) is 3.85. The molecule has 0 spiro atoms. The highest BCUT2D eigenvalue weighted by atomic mass is 35.5. The topological polar surface area (TPSA) is 78.4 Å². The van der Waals surface area contributed by atoms with E-state index in [1.807, 2.05) is 19.9 Å². The Morgan fingerprint density at radius 1 is 1.16 bits per heavy atom. The lowest BCUT2D eigenvalue weighted by Gasteiger charge is -2.14. The van der Waals surface area contributed by atoms with E-state index in [1.54, 1.807) is 36.4 Å². The maximum absolute atomic E-state index is 12.1. The standard InChI is InChI=1S/C19H21ClN2O3/c1-12-3-8-17(16(20)9-12)22-18(23)10-13(2)21-11-14-4-6-15(7-5-14)19(24)25/h3-9,13,21H,10-11H2,1-2H3,(H,22,23)(H,24,25). The Morgan fingerprint density at radius 2 is 1.84 bits per heavy atom. The normalized spacial score (nSPS) is 11.8. The highest BCUT2D eigenvalue weighted by Crippen LogP contribution is 2.22. The third-order valence-corrected chi connectivity index (χ3v) is 4.06. The Bertz CT molecular complexity index is 760. The second-order valence-corrected chi connectivity index (χ2v) is 6.43. The SMILES string of the molecule is Cc1ccc(NC(=O)CC(C)NCc2ccc(C(=O)O)cc2)c(Cl)c1. The van der Waals surface area contributed by atoms with Crippen LogP contribution in [-0.2, 0) is 11.3 Å². The summed E-state index contributed by atoms with van der Waals surface area (Å²) in [5.74, 6) is -1.06. The quantitative estimate of drug-likeness (QED) is 0.700. The summed E-state index contributed by atoms with van der Waals surface area (Å²) in [5.41, 5.74) is 2.85. The van der Waals surface area contributed by atoms with E-state index in [9.17, 15) is 9.59 Å². The molecule has 0 radical (unpaired) electrons. The number of benzene rings is 2. The molecule has 2 rings (SSSR count). The van der Waals surface area contributed by atoms with Crippen molar-refractivity contribution in [2.45, 2.75) is 32.9 Å². The fourth-order valence-corrected chi connectivity index (χ4v) is 2.61. The molecule has 5 nitrogen and oxygen atoms in total. The summed E-state index contributed by atoms with van der Waals surface area (Å²) < 4.78 is 0. The fourth-order valence-electron chi connectivity index (χ4n) is 2.33. The molecule has 0 saturated heterocycles. The van der Waals surface area contributed by atoms with Crippen molar-refractivity contribution in [1.29, 1.82) is 0 Å². The van der Waals surface area contributed by atoms with E-state index in [2.05, 4.69) is 10.6 Å². The van der Waals surface area contributed by atoms with Gasteiger partial charge in [0, 0.05) is 19.0 Å². The highest BCUT2D eigenvalue weighted by molar-refractivity contribution is 6.33. The molecule has 0 saturated carbocycles. The van der Waals surface area contributed by atoms with Gasteiger partial charge in [-0.2, -0.15) is 0 Å². The molecule has 6 heteroatoms. The number of carbonyl (C=O) groups excluding carboxylic acids is 1. The van der Waals surface area contributed by atoms with Crippen molar-refractivity contribution in [2.24, 2.45) is 0 Å². The number of hydrogen-bond acceptors (Lipinski definition) is 3. The molecule has 0 heterocycles. The summed E-state index contributed by atoms with van der Waals surface area (Å²) in [5, 5.41) is 15.5. The molecule has 2 aromatic rings. The zero-order chi connectivity index (χ0) is 18.4. The van der Waals surface area contributed by atoms with Crippen molar-refractivity contribution in [1.82, 2.24) is 5.32 Å². The van der Waals surface area contributed by atoms with Crippen LogP contribution >= 0.6 is 11.6 Å². The average molecular weight is 361 g/mol. The smallest absolute Gasteiger partial charge is 0.335 e. The Kier molecular flexibility index (Phi) is 6.56. The van der Waals surface area contributed by atoms with E-state index >= 15 is 0 Å². The van der Waals surface area contributed by atoms with Crippen LogP contribution in [0.3, 0.4) is 0 Å². The van der Waals surface area contributed by atoms with Crippen molar-refractivity contribution in [3.63, 3.8) is 0 Å². The minimum Gasteiger partial charge on any atom is -0.478 e. The minimum absolute atomic E-state index is 0.0385. The number of halogens is 1. The Balaban J connectivity index is 1.82. The van der Waals surface area contributed by atoms with E-state index in [1.165, 1.54) is 0 Å². The van der Waals surface area contributed by atoms with Crippen LogP contribution in [0.5, 0.6) is 0 Å². The molecule has 0 bridgehead atoms. The number of rotatable bonds is 7. The third-order valence-electron chi connectivity index (χ3n) is 3.75. The zero-order valence-corrected chi connectivity index (χ0v) is 14.9. The molecule has 0 aliphatic carbocycles. The second-order valence-electron chi connectivity index (χ2n) is 6.02. The lowest BCUT2D eigenvalue weighted by Crippen LogP contribution is -2.30. The van der Waals surface area contributed by atoms with E-state index < -0.39 is 5.97 Å². The van der Waals surface area contributed by atoms with Crippen molar-refractivity contribution in [3.8, 4) is 0 Å². The van der Waals surface area contributed by atoms with E-state index in [0.29, 0.717) is 23.7 Å². The number of aromatic carboxylic acids is 1. The average Bonchev–Trinajstić information content (AvgIpc) is 2.56. The lowest BCUT2D eigenvalue weighted by atomic mass is 10.1. The number of anilines is 1. The van der Waals surface area contributed by atoms with Crippen LogP contribution in [0, 0.1) is 6.92 Å². The van der Waals surface area contributed by atoms with Crippen LogP contribution in [-0.4, -0.2) is 23.0 Å². The van der Waals surface area contributed by atoms with Crippen LogP contribution in [0.1, 0.15) is 34.8 Å². The molecule has 132 valence electrons. The number of amides is 1. The van der Waals surface area contributed by atoms with Gasteiger partial charge in [-0.1, -0.05) is 29.8 Å². The Morgan fingerprint density at radius 3 is 2.44 bits per heavy atom. The summed E-state index contributed by atoms with van der Waals surface area (Å²) in [6.45, 7) is 4.41. The fraction of sp³-hybridized carbons (Fsp3) is 0.263. The van der Waals surface area contributed by atoms with E-state index in [-0.39, 0.29) is 17.5 Å². The number of aryl methyl sites for hydroxylation is 1. The largest absolute Gasteiger partial charge is 0.478 e. The van der Waals surface area contributed by atoms with E-state index in [4.69, 9.17) is 16.7 Å². The number of hydrogen-bond donors (Lipinski definition) is 3. The van der Waals surface area contributed by atoms with Crippen LogP contribution in [0.25, 0.3) is 0 Å². The van der Waals surface area contributed by atoms with Crippen LogP contribution in [0.2, 0.25) is 5.02 Å². The van der Waals surface area contributed by atoms with Gasteiger partial charge >= 0.3 is 5.97 Å². The van der Waals surface area contributed by atoms with Gasteiger partial charge in [0.15, 0.2) is 0 Å². The third kappa shape index (κ3) is 5.89. The predicted molar refractivity (Wildman–Crippen MR) is 99.1 cm³/mol. The summed E-state index contributed by atoms with van der Waals surface area (Å²) in [6, 6.07) is 12.1. The Hall–Kier alpha value is -2.37. The molecule has 3 N–H and O–H groups in total. The summed E-state index contributed by atoms with van der Waals surface area (Å²) in [6.07, 6.45) is 0.303. The van der Waals surface area contributed by atoms with Crippen molar-refractivity contribution in [2.75, 3.05) is 5.32 Å². The maximum Gasteiger partial charge on any atom is 0.335 e. The number of nitrogens with one attached hydrogen (secondary N) is 2. The molecule has 1 atom stereocenters. The van der Waals surface area contributed by atoms with Gasteiger partial charge in [-0.15, -0.1) is 0 Å². The monoisotopic (exact) mass is 360 g/mol. The van der Waals surface area contributed by atoms with Crippen molar-refractivity contribution >= 4 is 29.2 Å². The first-order chi connectivity index (χ1) is 11.8. The molecule has 0 aliphatic rings. The van der Waals surface area contributed by atoms with Gasteiger partial charge in [0.05, 0.1) is 16.3 Å². The van der Waals surface area contributed by atoms with Gasteiger partial charge in [-0.25, -0.2) is 4.79 Å². The highest BCUT2D eigenvalue weighted by Gasteiger charge is 2.11. The number of carbonyl (C=O) groups is 2. The number of carboxylic acids is 1. The molecule has 0 fully saturated rings. The zero-order valence-electron chi connectivity index (χ0n) is 14.2. The first-order valence-corrected chi connectivity index (χ1v) is 8.34. The van der Waals surface area contributed by atoms with Crippen LogP contribution < -0.4 is 10.6 Å². The Labute approximate surface area is 152 Å². The first-order valence-electron chi connectivity index (χ1n) is 7.97. The van der Waals surface area contributed by atoms with Gasteiger partial charge in [0.1, 0.15) is 0 Å². The molecule has 2 aromatic carbocycles. The maximum atomic E-state index is 12.1. The van der Waals surface area contributed by atoms with Crippen molar-refractivity contribution in [3.05, 3.63) is 64.2 Å². The lowest BCUT2D eigenvalue weighted by molar-refractivity contribution is -0.116. The summed E-state index contributed by atoms with van der Waals surface area (Å²) >= 11 is 6.11.